The zero-order chi connectivity index (χ0) is 15.2. The standard InChI is InChI=1S/C16H19NO4/c1-2-21-14-10-6-5-9-13(14)17-15(18)11-7-3-4-8-12(11)16(19)20/h3-6,9-12H,2,7-8H2,1H3,(H,17,18)(H,19,20). The van der Waals surface area contributed by atoms with Gasteiger partial charge in [0.2, 0.25) is 5.91 Å². The van der Waals surface area contributed by atoms with Crippen LogP contribution in [0.2, 0.25) is 0 Å². The van der Waals surface area contributed by atoms with Crippen LogP contribution >= 0.6 is 0 Å². The first-order chi connectivity index (χ1) is 10.1. The summed E-state index contributed by atoms with van der Waals surface area (Å²) >= 11 is 0. The summed E-state index contributed by atoms with van der Waals surface area (Å²) < 4.78 is 5.45. The Hall–Kier alpha value is -2.30. The maximum Gasteiger partial charge on any atom is 0.307 e. The van der Waals surface area contributed by atoms with Gasteiger partial charge in [-0.05, 0) is 31.9 Å². The third kappa shape index (κ3) is 3.62. The average Bonchev–Trinajstić information content (AvgIpc) is 2.49. The Morgan fingerprint density at radius 3 is 2.57 bits per heavy atom. The van der Waals surface area contributed by atoms with Crippen molar-refractivity contribution in [2.24, 2.45) is 11.8 Å². The maximum absolute atomic E-state index is 12.4. The van der Waals surface area contributed by atoms with Gasteiger partial charge in [-0.2, -0.15) is 0 Å². The summed E-state index contributed by atoms with van der Waals surface area (Å²) in [5.74, 6) is -1.85. The van der Waals surface area contributed by atoms with Gasteiger partial charge >= 0.3 is 5.97 Å². The molecule has 21 heavy (non-hydrogen) atoms. The van der Waals surface area contributed by atoms with Crippen LogP contribution < -0.4 is 10.1 Å². The molecule has 1 aromatic rings. The van der Waals surface area contributed by atoms with E-state index in [2.05, 4.69) is 5.32 Å². The lowest BCUT2D eigenvalue weighted by Gasteiger charge is -2.24. The highest BCUT2D eigenvalue weighted by molar-refractivity contribution is 5.96. The van der Waals surface area contributed by atoms with Gasteiger partial charge in [0.05, 0.1) is 24.1 Å². The molecule has 0 bridgehead atoms. The fourth-order valence-corrected chi connectivity index (χ4v) is 2.45. The normalized spacial score (nSPS) is 20.8. The highest BCUT2D eigenvalue weighted by atomic mass is 16.5. The SMILES string of the molecule is CCOc1ccccc1NC(=O)C1CC=CCC1C(=O)O. The van der Waals surface area contributed by atoms with Gasteiger partial charge in [0.25, 0.3) is 0 Å². The van der Waals surface area contributed by atoms with E-state index in [1.54, 1.807) is 18.2 Å². The first-order valence-electron chi connectivity index (χ1n) is 7.04. The fourth-order valence-electron chi connectivity index (χ4n) is 2.45. The van der Waals surface area contributed by atoms with Crippen LogP contribution in [0.15, 0.2) is 36.4 Å². The average molecular weight is 289 g/mol. The highest BCUT2D eigenvalue weighted by Crippen LogP contribution is 2.29. The van der Waals surface area contributed by atoms with E-state index in [0.29, 0.717) is 30.9 Å². The Morgan fingerprint density at radius 1 is 1.24 bits per heavy atom. The summed E-state index contributed by atoms with van der Waals surface area (Å²) in [5, 5.41) is 12.0. The second kappa shape index (κ2) is 6.92. The minimum atomic E-state index is -0.933. The molecular weight excluding hydrogens is 270 g/mol. The minimum absolute atomic E-state index is 0.279. The van der Waals surface area contributed by atoms with Crippen molar-refractivity contribution in [3.8, 4) is 5.75 Å². The molecule has 2 unspecified atom stereocenters. The topological polar surface area (TPSA) is 75.6 Å². The predicted octanol–water partition coefficient (Wildman–Crippen LogP) is 2.69. The molecule has 1 aliphatic carbocycles. The molecule has 2 N–H and O–H groups in total. The lowest BCUT2D eigenvalue weighted by atomic mass is 9.82. The van der Waals surface area contributed by atoms with Gasteiger partial charge in [0.1, 0.15) is 5.75 Å². The third-order valence-electron chi connectivity index (χ3n) is 3.53. The Morgan fingerprint density at radius 2 is 1.90 bits per heavy atom. The van der Waals surface area contributed by atoms with Crippen LogP contribution in [0, 0.1) is 11.8 Å². The zero-order valence-electron chi connectivity index (χ0n) is 11.9. The molecule has 112 valence electrons. The Balaban J connectivity index is 2.14. The third-order valence-corrected chi connectivity index (χ3v) is 3.53. The van der Waals surface area contributed by atoms with Crippen LogP contribution in [-0.2, 0) is 9.59 Å². The van der Waals surface area contributed by atoms with Crippen LogP contribution in [0.1, 0.15) is 19.8 Å². The molecule has 0 heterocycles. The molecule has 1 amide bonds. The molecule has 1 aromatic carbocycles. The number of carbonyl (C=O) groups is 2. The summed E-state index contributed by atoms with van der Waals surface area (Å²) in [6.45, 7) is 2.36. The molecule has 1 aliphatic rings. The number of anilines is 1. The number of aliphatic carboxylic acids is 1. The summed E-state index contributed by atoms with van der Waals surface area (Å²) in [6.07, 6.45) is 4.51. The molecule has 2 atom stereocenters. The van der Waals surface area contributed by atoms with E-state index in [-0.39, 0.29) is 5.91 Å². The largest absolute Gasteiger partial charge is 0.492 e. The summed E-state index contributed by atoms with van der Waals surface area (Å²) in [4.78, 5) is 23.6. The molecule has 0 radical (unpaired) electrons. The summed E-state index contributed by atoms with van der Waals surface area (Å²) in [5.41, 5.74) is 0.572. The van der Waals surface area contributed by atoms with E-state index < -0.39 is 17.8 Å². The van der Waals surface area contributed by atoms with Gasteiger partial charge in [-0.1, -0.05) is 24.3 Å². The number of hydrogen-bond donors (Lipinski definition) is 2. The summed E-state index contributed by atoms with van der Waals surface area (Å²) in [7, 11) is 0. The lowest BCUT2D eigenvalue weighted by Crippen LogP contribution is -2.34. The highest BCUT2D eigenvalue weighted by Gasteiger charge is 2.34. The molecule has 0 fully saturated rings. The van der Waals surface area contributed by atoms with Crippen LogP contribution in [0.25, 0.3) is 0 Å². The van der Waals surface area contributed by atoms with Crippen molar-refractivity contribution in [3.63, 3.8) is 0 Å². The van der Waals surface area contributed by atoms with Gasteiger partial charge in [0, 0.05) is 0 Å². The lowest BCUT2D eigenvalue weighted by molar-refractivity contribution is -0.146. The van der Waals surface area contributed by atoms with E-state index in [1.165, 1.54) is 0 Å². The molecule has 5 heteroatoms. The van der Waals surface area contributed by atoms with Crippen molar-refractivity contribution >= 4 is 17.6 Å². The van der Waals surface area contributed by atoms with Crippen LogP contribution in [0.3, 0.4) is 0 Å². The minimum Gasteiger partial charge on any atom is -0.492 e. The molecule has 5 nitrogen and oxygen atoms in total. The van der Waals surface area contributed by atoms with Crippen molar-refractivity contribution in [2.45, 2.75) is 19.8 Å². The second-order valence-electron chi connectivity index (χ2n) is 4.91. The van der Waals surface area contributed by atoms with E-state index in [0.717, 1.165) is 0 Å². The van der Waals surface area contributed by atoms with Crippen molar-refractivity contribution < 1.29 is 19.4 Å². The van der Waals surface area contributed by atoms with Gasteiger partial charge in [-0.15, -0.1) is 0 Å². The van der Waals surface area contributed by atoms with Crippen molar-refractivity contribution in [1.82, 2.24) is 0 Å². The number of nitrogens with one attached hydrogen (secondary N) is 1. The number of ether oxygens (including phenoxy) is 1. The van der Waals surface area contributed by atoms with E-state index in [9.17, 15) is 14.7 Å². The van der Waals surface area contributed by atoms with Crippen LogP contribution in [0.4, 0.5) is 5.69 Å². The number of amides is 1. The Labute approximate surface area is 123 Å². The molecule has 2 rings (SSSR count). The van der Waals surface area contributed by atoms with Gasteiger partial charge in [0.15, 0.2) is 0 Å². The number of carboxylic acids is 1. The number of carboxylic acid groups (broad SMARTS) is 1. The van der Waals surface area contributed by atoms with Crippen LogP contribution in [0.5, 0.6) is 5.75 Å². The molecule has 0 aliphatic heterocycles. The Kier molecular flexibility index (Phi) is 4.98. The monoisotopic (exact) mass is 289 g/mol. The van der Waals surface area contributed by atoms with Gasteiger partial charge < -0.3 is 15.2 Å². The number of benzene rings is 1. The smallest absolute Gasteiger partial charge is 0.307 e. The van der Waals surface area contributed by atoms with E-state index >= 15 is 0 Å². The van der Waals surface area contributed by atoms with Crippen molar-refractivity contribution in [3.05, 3.63) is 36.4 Å². The molecule has 0 spiro atoms. The van der Waals surface area contributed by atoms with E-state index in [1.807, 2.05) is 25.1 Å². The molecule has 0 saturated heterocycles. The van der Waals surface area contributed by atoms with E-state index in [4.69, 9.17) is 4.74 Å². The number of allylic oxidation sites excluding steroid dienone is 2. The predicted molar refractivity (Wildman–Crippen MR) is 79.2 cm³/mol. The number of para-hydroxylation sites is 2. The Bertz CT molecular complexity index is 553. The molecular formula is C16H19NO4. The van der Waals surface area contributed by atoms with Crippen LogP contribution in [-0.4, -0.2) is 23.6 Å². The fraction of sp³-hybridized carbons (Fsp3) is 0.375. The summed E-state index contributed by atoms with van der Waals surface area (Å²) in [6, 6.07) is 7.14. The number of rotatable bonds is 5. The second-order valence-corrected chi connectivity index (χ2v) is 4.91. The first kappa shape index (κ1) is 15.1. The number of carbonyl (C=O) groups excluding carboxylic acids is 1. The molecule has 0 aromatic heterocycles. The van der Waals surface area contributed by atoms with Crippen molar-refractivity contribution in [2.75, 3.05) is 11.9 Å². The quantitative estimate of drug-likeness (QED) is 0.817. The van der Waals surface area contributed by atoms with Gasteiger partial charge in [-0.25, -0.2) is 0 Å². The molecule has 0 saturated carbocycles. The maximum atomic E-state index is 12.4. The van der Waals surface area contributed by atoms with Gasteiger partial charge in [-0.3, -0.25) is 9.59 Å². The number of hydrogen-bond acceptors (Lipinski definition) is 3. The first-order valence-corrected chi connectivity index (χ1v) is 7.04. The van der Waals surface area contributed by atoms with Crippen molar-refractivity contribution in [1.29, 1.82) is 0 Å². The zero-order valence-corrected chi connectivity index (χ0v) is 11.9.